The van der Waals surface area contributed by atoms with E-state index in [4.69, 9.17) is 0 Å². The van der Waals surface area contributed by atoms with Gasteiger partial charge >= 0.3 is 0 Å². The van der Waals surface area contributed by atoms with Crippen LogP contribution in [0.5, 0.6) is 0 Å². The highest BCUT2D eigenvalue weighted by molar-refractivity contribution is 5.94. The Morgan fingerprint density at radius 3 is 2.45 bits per heavy atom. The molecule has 2 aromatic carbocycles. The van der Waals surface area contributed by atoms with Gasteiger partial charge in [0.2, 0.25) is 0 Å². The number of hydrogen-bond acceptors (Lipinski definition) is 2. The lowest BCUT2D eigenvalue weighted by atomic mass is 10.1. The molecule has 0 heterocycles. The molecule has 0 radical (unpaired) electrons. The molecule has 0 saturated heterocycles. The van der Waals surface area contributed by atoms with Crippen LogP contribution in [0.1, 0.15) is 0 Å². The summed E-state index contributed by atoms with van der Waals surface area (Å²) in [6.45, 7) is 0.474. The van der Waals surface area contributed by atoms with Crippen LogP contribution >= 0.6 is 0 Å². The summed E-state index contributed by atoms with van der Waals surface area (Å²) in [5.41, 5.74) is 0.766. The van der Waals surface area contributed by atoms with Crippen molar-refractivity contribution in [3.05, 3.63) is 42.5 Å². The Balaban J connectivity index is 1.91. The molecule has 5 heteroatoms. The van der Waals surface area contributed by atoms with Crippen molar-refractivity contribution in [3.8, 4) is 0 Å². The molecule has 0 aliphatic carbocycles. The molecule has 0 spiro atoms. The van der Waals surface area contributed by atoms with E-state index in [-0.39, 0.29) is 24.9 Å². The van der Waals surface area contributed by atoms with Crippen LogP contribution < -0.4 is 16.0 Å². The third-order valence-electron chi connectivity index (χ3n) is 2.97. The van der Waals surface area contributed by atoms with Gasteiger partial charge in [0.05, 0.1) is 0 Å². The van der Waals surface area contributed by atoms with E-state index in [1.165, 1.54) is 0 Å². The molecule has 2 rings (SSSR count). The number of likely N-dealkylation sites (N-methyl/N-ethyl adjacent to an activating group) is 1. The number of anilines is 1. The number of hydrogen-bond donors (Lipinski definition) is 3. The first kappa shape index (κ1) is 14.0. The molecule has 0 aromatic heterocycles. The summed E-state index contributed by atoms with van der Waals surface area (Å²) in [6, 6.07) is 13.8. The number of nitrogens with two attached hydrogens (primary N) is 1. The largest absolute Gasteiger partial charge is 0.354 e. The van der Waals surface area contributed by atoms with Crippen molar-refractivity contribution in [2.45, 2.75) is 0 Å². The minimum Gasteiger partial charge on any atom is -0.354 e. The minimum atomic E-state index is -0.121. The van der Waals surface area contributed by atoms with Crippen molar-refractivity contribution in [1.29, 1.82) is 0 Å². The van der Waals surface area contributed by atoms with Crippen LogP contribution in [0.15, 0.2) is 42.5 Å². The molecule has 4 N–H and O–H groups in total. The molecule has 0 aliphatic heterocycles. The zero-order chi connectivity index (χ0) is 14.4. The molecule has 2 amide bonds. The third kappa shape index (κ3) is 3.80. The second-order valence-electron chi connectivity index (χ2n) is 4.48. The smallest absolute Gasteiger partial charge is 0.279 e. The fourth-order valence-electron chi connectivity index (χ4n) is 1.92. The highest BCUT2D eigenvalue weighted by Crippen LogP contribution is 2.18. The van der Waals surface area contributed by atoms with Crippen LogP contribution in [0.3, 0.4) is 0 Å². The summed E-state index contributed by atoms with van der Waals surface area (Å²) in [6.07, 6.45) is 0. The van der Waals surface area contributed by atoms with E-state index in [1.54, 1.807) is 12.4 Å². The molecule has 0 saturated carbocycles. The summed E-state index contributed by atoms with van der Waals surface area (Å²) in [7, 11) is 1.57. The van der Waals surface area contributed by atoms with Crippen LogP contribution in [0, 0.1) is 0 Å². The van der Waals surface area contributed by atoms with E-state index in [2.05, 4.69) is 10.6 Å². The molecule has 2 aromatic rings. The van der Waals surface area contributed by atoms with Gasteiger partial charge in [-0.2, -0.15) is 0 Å². The summed E-state index contributed by atoms with van der Waals surface area (Å²) in [5.74, 6) is -0.215. The van der Waals surface area contributed by atoms with Gasteiger partial charge in [-0.3, -0.25) is 9.59 Å². The van der Waals surface area contributed by atoms with Crippen molar-refractivity contribution in [2.24, 2.45) is 0 Å². The van der Waals surface area contributed by atoms with Crippen molar-refractivity contribution in [1.82, 2.24) is 5.32 Å². The number of carbonyl (C=O) groups is 2. The first-order valence-electron chi connectivity index (χ1n) is 6.50. The van der Waals surface area contributed by atoms with Gasteiger partial charge in [0.25, 0.3) is 11.8 Å². The topological polar surface area (TPSA) is 74.8 Å². The van der Waals surface area contributed by atoms with Crippen LogP contribution in [0.2, 0.25) is 0 Å². The zero-order valence-corrected chi connectivity index (χ0v) is 11.3. The third-order valence-corrected chi connectivity index (χ3v) is 2.97. The Kier molecular flexibility index (Phi) is 4.68. The fourth-order valence-corrected chi connectivity index (χ4v) is 1.92. The minimum absolute atomic E-state index is 0.0940. The molecule has 0 aliphatic rings. The molecular weight excluding hydrogens is 254 g/mol. The number of carbonyl (C=O) groups excluding carboxylic acids is 2. The van der Waals surface area contributed by atoms with E-state index < -0.39 is 0 Å². The van der Waals surface area contributed by atoms with Gasteiger partial charge in [0.15, 0.2) is 13.1 Å². The Hall–Kier alpha value is -2.40. The predicted molar refractivity (Wildman–Crippen MR) is 78.3 cm³/mol. The van der Waals surface area contributed by atoms with Gasteiger partial charge in [-0.15, -0.1) is 0 Å². The highest BCUT2D eigenvalue weighted by Gasteiger charge is 2.07. The SMILES string of the molecule is CNC(=O)C[NH2+]CC(=O)Nc1ccc2ccccc2c1. The first-order chi connectivity index (χ1) is 9.69. The van der Waals surface area contributed by atoms with Gasteiger partial charge in [-0.05, 0) is 22.9 Å². The molecule has 0 atom stereocenters. The summed E-state index contributed by atoms with van der Waals surface area (Å²) >= 11 is 0. The standard InChI is InChI=1S/C15H17N3O2/c1-16-14(19)9-17-10-15(20)18-13-7-6-11-4-2-3-5-12(11)8-13/h2-8,17H,9-10H2,1H3,(H,16,19)(H,18,20)/p+1. The zero-order valence-electron chi connectivity index (χ0n) is 11.3. The predicted octanol–water partition coefficient (Wildman–Crippen LogP) is 0.0877. The number of fused-ring (bicyclic) bond motifs is 1. The lowest BCUT2D eigenvalue weighted by Crippen LogP contribution is -2.88. The highest BCUT2D eigenvalue weighted by atomic mass is 16.2. The Morgan fingerprint density at radius 2 is 1.70 bits per heavy atom. The van der Waals surface area contributed by atoms with E-state index >= 15 is 0 Å². The number of amides is 2. The molecule has 0 bridgehead atoms. The molecule has 20 heavy (non-hydrogen) atoms. The molecule has 0 fully saturated rings. The monoisotopic (exact) mass is 272 g/mol. The second kappa shape index (κ2) is 6.68. The van der Waals surface area contributed by atoms with Crippen LogP contribution in [-0.4, -0.2) is 32.0 Å². The fraction of sp³-hybridized carbons (Fsp3) is 0.200. The molecule has 104 valence electrons. The maximum atomic E-state index is 11.7. The summed E-state index contributed by atoms with van der Waals surface area (Å²) in [5, 5.41) is 9.21. The Labute approximate surface area is 117 Å². The molecule has 5 nitrogen and oxygen atoms in total. The van der Waals surface area contributed by atoms with Crippen molar-refractivity contribution in [2.75, 3.05) is 25.5 Å². The number of quaternary nitrogens is 1. The lowest BCUT2D eigenvalue weighted by molar-refractivity contribution is -0.632. The van der Waals surface area contributed by atoms with Gasteiger partial charge in [-0.1, -0.05) is 30.3 Å². The van der Waals surface area contributed by atoms with Crippen LogP contribution in [0.25, 0.3) is 10.8 Å². The lowest BCUT2D eigenvalue weighted by Gasteiger charge is -2.06. The van der Waals surface area contributed by atoms with Gasteiger partial charge in [0.1, 0.15) is 0 Å². The van der Waals surface area contributed by atoms with E-state index in [0.717, 1.165) is 16.5 Å². The summed E-state index contributed by atoms with van der Waals surface area (Å²) < 4.78 is 0. The molecular formula is C15H18N3O2+. The summed E-state index contributed by atoms with van der Waals surface area (Å²) in [4.78, 5) is 22.8. The first-order valence-corrected chi connectivity index (χ1v) is 6.50. The average molecular weight is 272 g/mol. The number of rotatable bonds is 5. The van der Waals surface area contributed by atoms with Gasteiger partial charge in [-0.25, -0.2) is 0 Å². The Morgan fingerprint density at radius 1 is 1.00 bits per heavy atom. The Bertz CT molecular complexity index is 625. The van der Waals surface area contributed by atoms with Gasteiger partial charge < -0.3 is 16.0 Å². The van der Waals surface area contributed by atoms with Gasteiger partial charge in [0, 0.05) is 12.7 Å². The van der Waals surface area contributed by atoms with Crippen LogP contribution in [-0.2, 0) is 9.59 Å². The van der Waals surface area contributed by atoms with Crippen molar-refractivity contribution < 1.29 is 14.9 Å². The quantitative estimate of drug-likeness (QED) is 0.721. The van der Waals surface area contributed by atoms with Crippen molar-refractivity contribution in [3.63, 3.8) is 0 Å². The normalized spacial score (nSPS) is 10.2. The second-order valence-corrected chi connectivity index (χ2v) is 4.48. The molecule has 0 unspecified atom stereocenters. The van der Waals surface area contributed by atoms with E-state index in [1.807, 2.05) is 42.5 Å². The van der Waals surface area contributed by atoms with E-state index in [0.29, 0.717) is 0 Å². The number of nitrogens with one attached hydrogen (secondary N) is 2. The van der Waals surface area contributed by atoms with E-state index in [9.17, 15) is 9.59 Å². The maximum Gasteiger partial charge on any atom is 0.279 e. The van der Waals surface area contributed by atoms with Crippen LogP contribution in [0.4, 0.5) is 5.69 Å². The average Bonchev–Trinajstić information content (AvgIpc) is 2.47. The number of benzene rings is 2. The maximum absolute atomic E-state index is 11.7. The van der Waals surface area contributed by atoms with Crippen molar-refractivity contribution >= 4 is 28.3 Å².